The van der Waals surface area contributed by atoms with Gasteiger partial charge in [-0.1, -0.05) is 0 Å². The Kier molecular flexibility index (Phi) is 3.64. The van der Waals surface area contributed by atoms with Gasteiger partial charge in [0.25, 0.3) is 0 Å². The Hall–Kier alpha value is -0.220. The average molecular weight is 125 g/mol. The zero-order chi connectivity index (χ0) is 6.57. The number of rotatable bonds is 3. The van der Waals surface area contributed by atoms with Crippen molar-refractivity contribution in [1.29, 1.82) is 0 Å². The smallest absolute Gasteiger partial charge is 0.328 e. The molecule has 0 bridgehead atoms. The molecule has 0 fully saturated rings. The highest BCUT2D eigenvalue weighted by molar-refractivity contribution is 4.46. The van der Waals surface area contributed by atoms with Crippen LogP contribution in [0.4, 0.5) is 8.78 Å². The van der Waals surface area contributed by atoms with Crippen molar-refractivity contribution in [3.05, 3.63) is 0 Å². The van der Waals surface area contributed by atoms with Gasteiger partial charge in [-0.2, -0.15) is 8.78 Å². The molecule has 0 aliphatic rings. The van der Waals surface area contributed by atoms with Crippen LogP contribution < -0.4 is 5.73 Å². The normalized spacial score (nSPS) is 14.6. The Labute approximate surface area is 46.6 Å². The lowest BCUT2D eigenvalue weighted by Crippen LogP contribution is -2.22. The van der Waals surface area contributed by atoms with Crippen LogP contribution in [0.25, 0.3) is 0 Å². The van der Waals surface area contributed by atoms with Gasteiger partial charge in [-0.3, -0.25) is 0 Å². The van der Waals surface area contributed by atoms with E-state index in [0.29, 0.717) is 0 Å². The van der Waals surface area contributed by atoms with Gasteiger partial charge in [-0.15, -0.1) is 0 Å². The van der Waals surface area contributed by atoms with Crippen LogP contribution in [-0.2, 0) is 4.74 Å². The van der Waals surface area contributed by atoms with Crippen LogP contribution >= 0.6 is 0 Å². The quantitative estimate of drug-likeness (QED) is 0.598. The molecule has 4 heteroatoms. The van der Waals surface area contributed by atoms with E-state index >= 15 is 0 Å². The van der Waals surface area contributed by atoms with Crippen LogP contribution in [0.15, 0.2) is 0 Å². The number of nitrogens with two attached hydrogens (primary N) is 1. The first-order valence-electron chi connectivity index (χ1n) is 2.30. The maximum Gasteiger partial charge on any atom is 0.345 e. The van der Waals surface area contributed by atoms with Gasteiger partial charge in [-0.05, 0) is 6.92 Å². The second-order valence-electron chi connectivity index (χ2n) is 1.44. The SMILES string of the molecule is CC(CN)OC(F)F. The van der Waals surface area contributed by atoms with Crippen molar-refractivity contribution < 1.29 is 13.5 Å². The lowest BCUT2D eigenvalue weighted by molar-refractivity contribution is -0.154. The van der Waals surface area contributed by atoms with Gasteiger partial charge in [0.15, 0.2) is 0 Å². The average Bonchev–Trinajstić information content (AvgIpc) is 1.65. The van der Waals surface area contributed by atoms with Crippen LogP contribution in [-0.4, -0.2) is 19.3 Å². The number of hydrogen-bond donors (Lipinski definition) is 1. The second-order valence-corrected chi connectivity index (χ2v) is 1.44. The van der Waals surface area contributed by atoms with Crippen molar-refractivity contribution in [2.75, 3.05) is 6.54 Å². The van der Waals surface area contributed by atoms with Gasteiger partial charge in [-0.25, -0.2) is 0 Å². The molecule has 0 aromatic carbocycles. The lowest BCUT2D eigenvalue weighted by Gasteiger charge is -2.07. The Morgan fingerprint density at radius 2 is 2.12 bits per heavy atom. The van der Waals surface area contributed by atoms with Crippen molar-refractivity contribution in [2.24, 2.45) is 5.73 Å². The summed E-state index contributed by atoms with van der Waals surface area (Å²) in [4.78, 5) is 0. The zero-order valence-corrected chi connectivity index (χ0v) is 4.60. The van der Waals surface area contributed by atoms with Gasteiger partial charge >= 0.3 is 6.61 Å². The third kappa shape index (κ3) is 3.95. The summed E-state index contributed by atoms with van der Waals surface area (Å²) in [5.74, 6) is 0. The molecule has 0 saturated heterocycles. The van der Waals surface area contributed by atoms with Crippen molar-refractivity contribution >= 4 is 0 Å². The summed E-state index contributed by atoms with van der Waals surface area (Å²) >= 11 is 0. The first kappa shape index (κ1) is 7.78. The molecule has 1 unspecified atom stereocenters. The first-order valence-corrected chi connectivity index (χ1v) is 2.30. The summed E-state index contributed by atoms with van der Waals surface area (Å²) in [5.41, 5.74) is 4.96. The molecular formula is C4H9F2NO. The van der Waals surface area contributed by atoms with E-state index in [1.807, 2.05) is 0 Å². The molecule has 2 nitrogen and oxygen atoms in total. The van der Waals surface area contributed by atoms with Crippen LogP contribution in [0.2, 0.25) is 0 Å². The van der Waals surface area contributed by atoms with Crippen LogP contribution in [0.1, 0.15) is 6.92 Å². The maximum atomic E-state index is 11.2. The molecule has 0 aromatic rings. The first-order chi connectivity index (χ1) is 3.66. The van der Waals surface area contributed by atoms with Gasteiger partial charge in [0, 0.05) is 6.54 Å². The van der Waals surface area contributed by atoms with E-state index in [-0.39, 0.29) is 6.54 Å². The fourth-order valence-electron chi connectivity index (χ4n) is 0.231. The Bertz CT molecular complexity index is 60.0. The van der Waals surface area contributed by atoms with E-state index in [0.717, 1.165) is 0 Å². The molecule has 0 spiro atoms. The predicted molar refractivity (Wildman–Crippen MR) is 25.6 cm³/mol. The van der Waals surface area contributed by atoms with Crippen molar-refractivity contribution in [3.63, 3.8) is 0 Å². The number of ether oxygens (including phenoxy) is 1. The van der Waals surface area contributed by atoms with Crippen LogP contribution in [0.3, 0.4) is 0 Å². The minimum absolute atomic E-state index is 0.129. The predicted octanol–water partition coefficient (Wildman–Crippen LogP) is 0.573. The van der Waals surface area contributed by atoms with Crippen LogP contribution in [0.5, 0.6) is 0 Å². The van der Waals surface area contributed by atoms with Gasteiger partial charge in [0.1, 0.15) is 0 Å². The molecule has 0 aromatic heterocycles. The summed E-state index contributed by atoms with van der Waals surface area (Å²) < 4.78 is 26.3. The van der Waals surface area contributed by atoms with Crippen molar-refractivity contribution in [3.8, 4) is 0 Å². The highest BCUT2D eigenvalue weighted by Crippen LogP contribution is 1.98. The van der Waals surface area contributed by atoms with E-state index < -0.39 is 12.7 Å². The zero-order valence-electron chi connectivity index (χ0n) is 4.60. The van der Waals surface area contributed by atoms with Crippen LogP contribution in [0, 0.1) is 0 Å². The van der Waals surface area contributed by atoms with E-state index in [4.69, 9.17) is 5.73 Å². The minimum atomic E-state index is -2.70. The van der Waals surface area contributed by atoms with Gasteiger partial charge in [0.05, 0.1) is 6.10 Å². The molecule has 1 atom stereocenters. The summed E-state index contributed by atoms with van der Waals surface area (Å²) in [6, 6.07) is 0. The fraction of sp³-hybridized carbons (Fsp3) is 1.00. The van der Waals surface area contributed by atoms with E-state index in [9.17, 15) is 8.78 Å². The van der Waals surface area contributed by atoms with E-state index in [1.165, 1.54) is 6.92 Å². The highest BCUT2D eigenvalue weighted by atomic mass is 19.3. The summed E-state index contributed by atoms with van der Waals surface area (Å²) in [7, 11) is 0. The molecule has 2 N–H and O–H groups in total. The molecule has 0 saturated carbocycles. The topological polar surface area (TPSA) is 35.2 Å². The molecule has 0 rings (SSSR count). The highest BCUT2D eigenvalue weighted by Gasteiger charge is 2.06. The Balaban J connectivity index is 3.10. The molecule has 8 heavy (non-hydrogen) atoms. The third-order valence-corrected chi connectivity index (χ3v) is 0.667. The molecule has 0 radical (unpaired) electrons. The van der Waals surface area contributed by atoms with Gasteiger partial charge in [0.2, 0.25) is 0 Å². The minimum Gasteiger partial charge on any atom is -0.328 e. The third-order valence-electron chi connectivity index (χ3n) is 0.667. The lowest BCUT2D eigenvalue weighted by atomic mass is 10.4. The molecular weight excluding hydrogens is 116 g/mol. The Morgan fingerprint density at radius 3 is 2.25 bits per heavy atom. The molecule has 0 aliphatic carbocycles. The second kappa shape index (κ2) is 3.74. The molecule has 0 heterocycles. The molecule has 0 aliphatic heterocycles. The van der Waals surface area contributed by atoms with Gasteiger partial charge < -0.3 is 10.5 Å². The molecule has 0 amide bonds. The fourth-order valence-corrected chi connectivity index (χ4v) is 0.231. The standard InChI is InChI=1S/C4H9F2NO/c1-3(2-7)8-4(5)6/h3-4H,2,7H2,1H3. The van der Waals surface area contributed by atoms with E-state index in [1.54, 1.807) is 0 Å². The summed E-state index contributed by atoms with van der Waals surface area (Å²) in [6.07, 6.45) is -0.546. The van der Waals surface area contributed by atoms with E-state index in [2.05, 4.69) is 4.74 Å². The largest absolute Gasteiger partial charge is 0.345 e. The summed E-state index contributed by atoms with van der Waals surface area (Å²) in [6.45, 7) is -1.08. The number of halogens is 2. The monoisotopic (exact) mass is 125 g/mol. The summed E-state index contributed by atoms with van der Waals surface area (Å²) in [5, 5.41) is 0. The number of alkyl halides is 2. The molecule has 50 valence electrons. The van der Waals surface area contributed by atoms with Crippen molar-refractivity contribution in [1.82, 2.24) is 0 Å². The Morgan fingerprint density at radius 1 is 1.62 bits per heavy atom. The number of hydrogen-bond acceptors (Lipinski definition) is 2. The maximum absolute atomic E-state index is 11.2. The van der Waals surface area contributed by atoms with Crippen molar-refractivity contribution in [2.45, 2.75) is 19.6 Å².